The van der Waals surface area contributed by atoms with Crippen LogP contribution in [0, 0.1) is 6.92 Å². The largest absolute Gasteiger partial charge is 0.451 e. The Morgan fingerprint density at radius 1 is 1.11 bits per heavy atom. The highest BCUT2D eigenvalue weighted by atomic mass is 16.5. The number of aryl methyl sites for hydroxylation is 1. The lowest BCUT2D eigenvalue weighted by Gasteiger charge is -2.08. The summed E-state index contributed by atoms with van der Waals surface area (Å²) in [5, 5.41) is 7.30. The third kappa shape index (κ3) is 4.11. The lowest BCUT2D eigenvalue weighted by molar-refractivity contribution is -0.119. The van der Waals surface area contributed by atoms with Gasteiger partial charge in [0, 0.05) is 11.6 Å². The van der Waals surface area contributed by atoms with Crippen molar-refractivity contribution in [2.45, 2.75) is 25.7 Å². The van der Waals surface area contributed by atoms with Crippen LogP contribution in [0.3, 0.4) is 0 Å². The van der Waals surface area contributed by atoms with E-state index in [1.54, 1.807) is 22.9 Å². The molecular weight excluding hydrogens is 354 g/mol. The number of nitrogens with zero attached hydrogens (tertiary/aromatic N) is 2. The van der Waals surface area contributed by atoms with Crippen LogP contribution in [-0.4, -0.2) is 28.3 Å². The van der Waals surface area contributed by atoms with Gasteiger partial charge in [0.1, 0.15) is 0 Å². The summed E-state index contributed by atoms with van der Waals surface area (Å²) in [6.07, 6.45) is 2.17. The highest BCUT2D eigenvalue weighted by Gasteiger charge is 2.29. The van der Waals surface area contributed by atoms with Crippen LogP contribution in [-0.2, 0) is 9.53 Å². The normalized spacial score (nSPS) is 13.2. The Kier molecular flexibility index (Phi) is 4.93. The third-order valence-electron chi connectivity index (χ3n) is 4.60. The maximum Gasteiger partial charge on any atom is 0.357 e. The van der Waals surface area contributed by atoms with Crippen LogP contribution in [0.2, 0.25) is 0 Å². The number of rotatable bonds is 6. The molecule has 1 saturated carbocycles. The number of hydrogen-bond acceptors (Lipinski definition) is 4. The smallest absolute Gasteiger partial charge is 0.357 e. The number of aromatic nitrogens is 2. The van der Waals surface area contributed by atoms with Crippen molar-refractivity contribution in [1.82, 2.24) is 9.78 Å². The van der Waals surface area contributed by atoms with Crippen molar-refractivity contribution in [2.24, 2.45) is 0 Å². The number of carbonyl (C=O) groups excluding carboxylic acids is 2. The average molecular weight is 375 g/mol. The first-order chi connectivity index (χ1) is 13.6. The van der Waals surface area contributed by atoms with Gasteiger partial charge < -0.3 is 10.1 Å². The minimum atomic E-state index is -0.567. The Morgan fingerprint density at radius 2 is 1.82 bits per heavy atom. The SMILES string of the molecule is Cc1ccc(NC(=O)COC(=O)c2cc(C3CC3)nn2-c2ccccc2)cc1. The second kappa shape index (κ2) is 7.68. The molecule has 6 nitrogen and oxygen atoms in total. The van der Waals surface area contributed by atoms with Gasteiger partial charge in [0.05, 0.1) is 11.4 Å². The number of ether oxygens (including phenoxy) is 1. The lowest BCUT2D eigenvalue weighted by Crippen LogP contribution is -2.22. The van der Waals surface area contributed by atoms with E-state index in [0.717, 1.165) is 29.8 Å². The molecule has 1 heterocycles. The molecule has 6 heteroatoms. The standard InChI is InChI=1S/C22H21N3O3/c1-15-7-11-17(12-8-15)23-21(26)14-28-22(27)20-13-19(16-9-10-16)24-25(20)18-5-3-2-4-6-18/h2-8,11-13,16H,9-10,14H2,1H3,(H,23,26). The van der Waals surface area contributed by atoms with Gasteiger partial charge in [-0.2, -0.15) is 5.10 Å². The van der Waals surface area contributed by atoms with Crippen molar-refractivity contribution in [3.8, 4) is 5.69 Å². The van der Waals surface area contributed by atoms with Crippen molar-refractivity contribution in [3.63, 3.8) is 0 Å². The molecule has 1 aliphatic carbocycles. The number of amides is 1. The van der Waals surface area contributed by atoms with Crippen molar-refractivity contribution < 1.29 is 14.3 Å². The van der Waals surface area contributed by atoms with Crippen molar-refractivity contribution in [1.29, 1.82) is 0 Å². The van der Waals surface area contributed by atoms with Crippen molar-refractivity contribution in [3.05, 3.63) is 77.6 Å². The highest BCUT2D eigenvalue weighted by Crippen LogP contribution is 2.39. The first-order valence-corrected chi connectivity index (χ1v) is 9.29. The van der Waals surface area contributed by atoms with Gasteiger partial charge in [-0.15, -0.1) is 0 Å². The van der Waals surface area contributed by atoms with E-state index in [9.17, 15) is 9.59 Å². The summed E-state index contributed by atoms with van der Waals surface area (Å²) >= 11 is 0. The Labute approximate surface area is 163 Å². The van der Waals surface area contributed by atoms with Crippen LogP contribution < -0.4 is 5.32 Å². The number of esters is 1. The van der Waals surface area contributed by atoms with E-state index in [2.05, 4.69) is 10.4 Å². The molecule has 0 atom stereocenters. The molecule has 0 aliphatic heterocycles. The van der Waals surface area contributed by atoms with Gasteiger partial charge >= 0.3 is 5.97 Å². The molecule has 3 aromatic rings. The Morgan fingerprint density at radius 3 is 2.50 bits per heavy atom. The summed E-state index contributed by atoms with van der Waals surface area (Å²) in [4.78, 5) is 24.7. The fourth-order valence-corrected chi connectivity index (χ4v) is 2.93. The fraction of sp³-hybridized carbons (Fsp3) is 0.227. The number of nitrogens with one attached hydrogen (secondary N) is 1. The molecule has 0 saturated heterocycles. The van der Waals surface area contributed by atoms with Gasteiger partial charge in [-0.3, -0.25) is 4.79 Å². The van der Waals surface area contributed by atoms with Gasteiger partial charge in [0.2, 0.25) is 0 Å². The van der Waals surface area contributed by atoms with E-state index in [4.69, 9.17) is 4.74 Å². The summed E-state index contributed by atoms with van der Waals surface area (Å²) in [6, 6.07) is 18.6. The number of hydrogen-bond donors (Lipinski definition) is 1. The number of para-hydroxylation sites is 1. The average Bonchev–Trinajstić information content (AvgIpc) is 3.47. The van der Waals surface area contributed by atoms with E-state index in [-0.39, 0.29) is 12.5 Å². The highest BCUT2D eigenvalue weighted by molar-refractivity contribution is 5.95. The fourth-order valence-electron chi connectivity index (χ4n) is 2.93. The molecule has 0 radical (unpaired) electrons. The third-order valence-corrected chi connectivity index (χ3v) is 4.60. The van der Waals surface area contributed by atoms with Gasteiger partial charge in [-0.05, 0) is 50.1 Å². The van der Waals surface area contributed by atoms with Crippen LogP contribution in [0.5, 0.6) is 0 Å². The second-order valence-corrected chi connectivity index (χ2v) is 6.97. The maximum atomic E-state index is 12.6. The summed E-state index contributed by atoms with van der Waals surface area (Å²) < 4.78 is 6.84. The van der Waals surface area contributed by atoms with Crippen LogP contribution in [0.25, 0.3) is 5.69 Å². The minimum Gasteiger partial charge on any atom is -0.451 e. The Balaban J connectivity index is 1.45. The van der Waals surface area contributed by atoms with Crippen molar-refractivity contribution in [2.75, 3.05) is 11.9 Å². The minimum absolute atomic E-state index is 0.330. The van der Waals surface area contributed by atoms with Crippen LogP contribution >= 0.6 is 0 Å². The van der Waals surface area contributed by atoms with E-state index >= 15 is 0 Å². The predicted octanol–water partition coefficient (Wildman–Crippen LogP) is 3.85. The number of anilines is 1. The van der Waals surface area contributed by atoms with Gasteiger partial charge in [0.25, 0.3) is 5.91 Å². The molecule has 1 fully saturated rings. The molecule has 0 bridgehead atoms. The predicted molar refractivity (Wildman–Crippen MR) is 106 cm³/mol. The summed E-state index contributed by atoms with van der Waals surface area (Å²) in [7, 11) is 0. The summed E-state index contributed by atoms with van der Waals surface area (Å²) in [5.74, 6) is -0.547. The molecule has 28 heavy (non-hydrogen) atoms. The van der Waals surface area contributed by atoms with Crippen LogP contribution in [0.1, 0.15) is 40.5 Å². The Bertz CT molecular complexity index is 990. The van der Waals surface area contributed by atoms with E-state index in [0.29, 0.717) is 17.3 Å². The monoisotopic (exact) mass is 375 g/mol. The Hall–Kier alpha value is -3.41. The zero-order chi connectivity index (χ0) is 19.5. The van der Waals surface area contributed by atoms with Gasteiger partial charge in [0.15, 0.2) is 12.3 Å². The molecule has 1 aliphatic rings. The quantitative estimate of drug-likeness (QED) is 0.664. The summed E-state index contributed by atoms with van der Waals surface area (Å²) in [6.45, 7) is 1.62. The van der Waals surface area contributed by atoms with Crippen LogP contribution in [0.4, 0.5) is 5.69 Å². The molecule has 1 aromatic heterocycles. The summed E-state index contributed by atoms with van der Waals surface area (Å²) in [5.41, 5.74) is 3.77. The molecule has 142 valence electrons. The zero-order valence-corrected chi connectivity index (χ0v) is 15.6. The number of benzene rings is 2. The molecule has 4 rings (SSSR count). The van der Waals surface area contributed by atoms with Gasteiger partial charge in [-0.1, -0.05) is 35.9 Å². The van der Waals surface area contributed by atoms with Crippen LogP contribution in [0.15, 0.2) is 60.7 Å². The van der Waals surface area contributed by atoms with E-state index < -0.39 is 5.97 Å². The maximum absolute atomic E-state index is 12.6. The molecule has 0 spiro atoms. The van der Waals surface area contributed by atoms with E-state index in [1.165, 1.54) is 0 Å². The molecule has 2 aromatic carbocycles. The van der Waals surface area contributed by atoms with Gasteiger partial charge in [-0.25, -0.2) is 9.48 Å². The van der Waals surface area contributed by atoms with E-state index in [1.807, 2.05) is 49.4 Å². The number of carbonyl (C=O) groups is 2. The first kappa shape index (κ1) is 18.0. The lowest BCUT2D eigenvalue weighted by atomic mass is 10.2. The van der Waals surface area contributed by atoms with Crippen molar-refractivity contribution >= 4 is 17.6 Å². The zero-order valence-electron chi connectivity index (χ0n) is 15.6. The first-order valence-electron chi connectivity index (χ1n) is 9.29. The topological polar surface area (TPSA) is 73.2 Å². The molecule has 1 amide bonds. The second-order valence-electron chi connectivity index (χ2n) is 6.97. The molecule has 1 N–H and O–H groups in total. The molecule has 0 unspecified atom stereocenters. The molecular formula is C22H21N3O3.